The van der Waals surface area contributed by atoms with Gasteiger partial charge in [0, 0.05) is 62.6 Å². The summed E-state index contributed by atoms with van der Waals surface area (Å²) in [6.45, 7) is 10.9. The predicted molar refractivity (Wildman–Crippen MR) is 172 cm³/mol. The number of aliphatic hydroxyl groups is 1. The van der Waals surface area contributed by atoms with E-state index in [1.807, 2.05) is 42.3 Å². The number of aliphatic imine (C=N–C) groups is 2. The van der Waals surface area contributed by atoms with E-state index in [1.54, 1.807) is 10.9 Å². The Hall–Kier alpha value is -4.09. The first-order valence-electron chi connectivity index (χ1n) is 15.3. The highest BCUT2D eigenvalue weighted by molar-refractivity contribution is 6.11. The van der Waals surface area contributed by atoms with Crippen molar-refractivity contribution in [3.05, 3.63) is 54.5 Å². The molecule has 1 atom stereocenters. The van der Waals surface area contributed by atoms with E-state index in [-0.39, 0.29) is 12.6 Å². The van der Waals surface area contributed by atoms with Crippen LogP contribution in [0.5, 0.6) is 5.75 Å². The van der Waals surface area contributed by atoms with Gasteiger partial charge < -0.3 is 15.2 Å². The van der Waals surface area contributed by atoms with Crippen LogP contribution in [-0.4, -0.2) is 85.6 Å². The molecule has 0 radical (unpaired) electrons. The van der Waals surface area contributed by atoms with Gasteiger partial charge in [0.15, 0.2) is 5.84 Å². The second-order valence-corrected chi connectivity index (χ2v) is 11.0. The van der Waals surface area contributed by atoms with E-state index >= 15 is 0 Å². The fraction of sp³-hybridized carbons (Fsp3) is 0.469. The predicted octanol–water partition coefficient (Wildman–Crippen LogP) is 4.94. The lowest BCUT2D eigenvalue weighted by Crippen LogP contribution is -2.30. The Labute approximate surface area is 253 Å². The number of ether oxygens (including phenoxy) is 1. The Morgan fingerprint density at radius 3 is 2.67 bits per heavy atom. The molecule has 0 saturated carbocycles. The zero-order valence-electron chi connectivity index (χ0n) is 25.7. The number of pyridine rings is 1. The molecule has 0 bridgehead atoms. The van der Waals surface area contributed by atoms with Crippen LogP contribution in [0.3, 0.4) is 0 Å². The van der Waals surface area contributed by atoms with Crippen molar-refractivity contribution in [1.29, 1.82) is 0 Å². The van der Waals surface area contributed by atoms with Crippen LogP contribution in [0.4, 0.5) is 5.82 Å². The summed E-state index contributed by atoms with van der Waals surface area (Å²) in [6, 6.07) is 10.1. The van der Waals surface area contributed by atoms with Gasteiger partial charge in [0.1, 0.15) is 29.7 Å². The lowest BCUT2D eigenvalue weighted by molar-refractivity contribution is 0.209. The fourth-order valence-electron chi connectivity index (χ4n) is 5.37. The topological polar surface area (TPSA) is 118 Å². The van der Waals surface area contributed by atoms with Crippen LogP contribution >= 0.6 is 0 Å². The number of nitrogens with one attached hydrogen (secondary N) is 1. The third-order valence-corrected chi connectivity index (χ3v) is 7.51. The van der Waals surface area contributed by atoms with Gasteiger partial charge in [-0.3, -0.25) is 19.3 Å². The molecule has 5 rings (SSSR count). The SMILES string of the molecule is CCCN(CCC)CCOc1cccc(-c2nn(C(C)CCO)c3cc(NC4=NC(c5cnn(C)c5)=NCC4)ncc23)c1. The number of aryl methyl sites for hydroxylation is 1. The molecule has 11 nitrogen and oxygen atoms in total. The summed E-state index contributed by atoms with van der Waals surface area (Å²) < 4.78 is 9.91. The highest BCUT2D eigenvalue weighted by Gasteiger charge is 2.19. The van der Waals surface area contributed by atoms with Crippen LogP contribution < -0.4 is 10.1 Å². The summed E-state index contributed by atoms with van der Waals surface area (Å²) in [5, 5.41) is 23.3. The molecule has 0 spiro atoms. The van der Waals surface area contributed by atoms with E-state index in [1.165, 1.54) is 0 Å². The monoisotopic (exact) mass is 585 g/mol. The quantitative estimate of drug-likeness (QED) is 0.215. The average Bonchev–Trinajstić information content (AvgIpc) is 3.61. The normalized spacial score (nSPS) is 14.2. The maximum absolute atomic E-state index is 9.69. The molecule has 4 aromatic rings. The summed E-state index contributed by atoms with van der Waals surface area (Å²) in [5.41, 5.74) is 3.62. The van der Waals surface area contributed by atoms with Crippen molar-refractivity contribution in [2.24, 2.45) is 17.0 Å². The van der Waals surface area contributed by atoms with Crippen LogP contribution in [0.25, 0.3) is 22.2 Å². The van der Waals surface area contributed by atoms with Crippen molar-refractivity contribution >= 4 is 28.4 Å². The average molecular weight is 586 g/mol. The van der Waals surface area contributed by atoms with Gasteiger partial charge in [-0.1, -0.05) is 26.0 Å². The van der Waals surface area contributed by atoms with Crippen LogP contribution in [0.2, 0.25) is 0 Å². The first-order valence-corrected chi connectivity index (χ1v) is 15.3. The van der Waals surface area contributed by atoms with Gasteiger partial charge in [0.05, 0.1) is 23.3 Å². The Kier molecular flexibility index (Phi) is 10.2. The zero-order chi connectivity index (χ0) is 30.2. The molecule has 1 aromatic carbocycles. The molecule has 4 heterocycles. The molecule has 0 amide bonds. The van der Waals surface area contributed by atoms with E-state index < -0.39 is 0 Å². The fourth-order valence-corrected chi connectivity index (χ4v) is 5.37. The standard InChI is InChI=1S/C32H43N9O2/c1-5-13-40(14-6-2)15-17-43-26-9-7-8-24(18-26)31-27-21-34-30(19-28(27)41(38-31)23(3)11-16-42)36-29-10-12-33-32(37-29)25-20-35-39(4)22-25/h7-9,18-23,42H,5-6,10-17H2,1-4H3,(H,33,34,36,37). The van der Waals surface area contributed by atoms with Gasteiger partial charge in [0.25, 0.3) is 0 Å². The van der Waals surface area contributed by atoms with Crippen molar-refractivity contribution < 1.29 is 9.84 Å². The van der Waals surface area contributed by atoms with Gasteiger partial charge >= 0.3 is 0 Å². The molecule has 228 valence electrons. The van der Waals surface area contributed by atoms with E-state index in [0.29, 0.717) is 37.6 Å². The van der Waals surface area contributed by atoms with Crippen molar-refractivity contribution in [1.82, 2.24) is 29.4 Å². The van der Waals surface area contributed by atoms with E-state index in [2.05, 4.69) is 53.2 Å². The summed E-state index contributed by atoms with van der Waals surface area (Å²) >= 11 is 0. The van der Waals surface area contributed by atoms with Crippen LogP contribution in [-0.2, 0) is 7.05 Å². The number of amidine groups is 2. The van der Waals surface area contributed by atoms with Gasteiger partial charge in [0.2, 0.25) is 0 Å². The Morgan fingerprint density at radius 1 is 1.09 bits per heavy atom. The molecular weight excluding hydrogens is 542 g/mol. The minimum Gasteiger partial charge on any atom is -0.492 e. The maximum Gasteiger partial charge on any atom is 0.159 e. The summed E-state index contributed by atoms with van der Waals surface area (Å²) in [4.78, 5) is 16.5. The van der Waals surface area contributed by atoms with Crippen molar-refractivity contribution in [3.63, 3.8) is 0 Å². The molecule has 0 aliphatic carbocycles. The van der Waals surface area contributed by atoms with E-state index in [9.17, 15) is 5.11 Å². The minimum absolute atomic E-state index is 0.00427. The molecule has 1 unspecified atom stereocenters. The second kappa shape index (κ2) is 14.4. The summed E-state index contributed by atoms with van der Waals surface area (Å²) in [5.74, 6) is 2.97. The molecule has 1 aliphatic rings. The number of nitrogens with zero attached hydrogens (tertiary/aromatic N) is 8. The number of anilines is 1. The Morgan fingerprint density at radius 2 is 1.93 bits per heavy atom. The molecule has 1 aliphatic heterocycles. The van der Waals surface area contributed by atoms with E-state index in [4.69, 9.17) is 19.8 Å². The largest absolute Gasteiger partial charge is 0.492 e. The molecule has 0 fully saturated rings. The molecule has 3 aromatic heterocycles. The first-order chi connectivity index (χ1) is 21.0. The van der Waals surface area contributed by atoms with Gasteiger partial charge in [-0.15, -0.1) is 0 Å². The number of hydrogen-bond donors (Lipinski definition) is 2. The molecular formula is C32H43N9O2. The van der Waals surface area contributed by atoms with Gasteiger partial charge in [-0.25, -0.2) is 9.98 Å². The van der Waals surface area contributed by atoms with Crippen molar-refractivity contribution in [2.75, 3.05) is 44.7 Å². The first kappa shape index (κ1) is 30.4. The van der Waals surface area contributed by atoms with Gasteiger partial charge in [-0.05, 0) is 51.4 Å². The van der Waals surface area contributed by atoms with Crippen molar-refractivity contribution in [2.45, 2.75) is 52.5 Å². The smallest absolute Gasteiger partial charge is 0.159 e. The number of rotatable bonds is 14. The van der Waals surface area contributed by atoms with E-state index in [0.717, 1.165) is 71.8 Å². The maximum atomic E-state index is 9.69. The minimum atomic E-state index is -0.00427. The summed E-state index contributed by atoms with van der Waals surface area (Å²) in [7, 11) is 1.88. The Bertz CT molecular complexity index is 1570. The molecule has 43 heavy (non-hydrogen) atoms. The summed E-state index contributed by atoms with van der Waals surface area (Å²) in [6.07, 6.45) is 9.10. The lowest BCUT2D eigenvalue weighted by Gasteiger charge is -2.20. The molecule has 11 heteroatoms. The molecule has 0 saturated heterocycles. The second-order valence-electron chi connectivity index (χ2n) is 11.0. The number of aromatic nitrogens is 5. The highest BCUT2D eigenvalue weighted by Crippen LogP contribution is 2.33. The van der Waals surface area contributed by atoms with Crippen molar-refractivity contribution in [3.8, 4) is 17.0 Å². The number of fused-ring (bicyclic) bond motifs is 1. The third kappa shape index (κ3) is 7.47. The lowest BCUT2D eigenvalue weighted by atomic mass is 10.1. The van der Waals surface area contributed by atoms with Crippen LogP contribution in [0.15, 0.2) is 58.9 Å². The Balaban J connectivity index is 1.39. The third-order valence-electron chi connectivity index (χ3n) is 7.51. The number of hydrogen-bond acceptors (Lipinski definition) is 9. The number of aliphatic hydroxyl groups excluding tert-OH is 1. The zero-order valence-corrected chi connectivity index (χ0v) is 25.7. The van der Waals surface area contributed by atoms with Crippen LogP contribution in [0.1, 0.15) is 58.1 Å². The number of benzene rings is 1. The molecule has 2 N–H and O–H groups in total. The van der Waals surface area contributed by atoms with Crippen LogP contribution in [0, 0.1) is 0 Å². The highest BCUT2D eigenvalue weighted by atomic mass is 16.5. The van der Waals surface area contributed by atoms with Gasteiger partial charge in [-0.2, -0.15) is 10.2 Å².